The van der Waals surface area contributed by atoms with Crippen LogP contribution in [-0.4, -0.2) is 33.6 Å². The molecular weight excluding hydrogens is 667 g/mol. The Morgan fingerprint density at radius 3 is 2.42 bits per heavy atom. The summed E-state index contributed by atoms with van der Waals surface area (Å²) in [6, 6.07) is 35.7. The smallest absolute Gasteiger partial charge is 0.301 e. The Hall–Kier alpha value is -5.45. The first-order valence-corrected chi connectivity index (χ1v) is 18.0. The summed E-state index contributed by atoms with van der Waals surface area (Å²) in [6.45, 7) is 4.50. The molecule has 2 heterocycles. The van der Waals surface area contributed by atoms with Gasteiger partial charge in [0.1, 0.15) is 12.4 Å². The molecule has 0 radical (unpaired) electrons. The maximum Gasteiger partial charge on any atom is 0.301 e. The van der Waals surface area contributed by atoms with Crippen LogP contribution in [0.5, 0.6) is 11.5 Å². The van der Waals surface area contributed by atoms with Gasteiger partial charge in [0.05, 0.1) is 18.2 Å². The summed E-state index contributed by atoms with van der Waals surface area (Å²) in [4.78, 5) is 29.0. The van der Waals surface area contributed by atoms with Crippen LogP contribution in [0.4, 0.5) is 5.13 Å². The van der Waals surface area contributed by atoms with E-state index < -0.39 is 17.7 Å². The lowest BCUT2D eigenvalue weighted by Crippen LogP contribution is -2.29. The molecule has 1 unspecified atom stereocenters. The van der Waals surface area contributed by atoms with Crippen LogP contribution in [0.2, 0.25) is 0 Å². The maximum absolute atomic E-state index is 13.9. The summed E-state index contributed by atoms with van der Waals surface area (Å²) in [5, 5.41) is 23.0. The summed E-state index contributed by atoms with van der Waals surface area (Å²) in [6.07, 6.45) is 0. The first-order chi connectivity index (χ1) is 24.4. The predicted octanol–water partition coefficient (Wildman–Crippen LogP) is 8.90. The number of aliphatic hydroxyl groups is 1. The van der Waals surface area contributed by atoms with Gasteiger partial charge < -0.3 is 14.6 Å². The average Bonchev–Trinajstić information content (AvgIpc) is 3.72. The Kier molecular flexibility index (Phi) is 9.64. The number of nitrogens with zero attached hydrogens (tertiary/aromatic N) is 3. The highest BCUT2D eigenvalue weighted by Gasteiger charge is 2.48. The van der Waals surface area contributed by atoms with E-state index >= 15 is 0 Å². The fourth-order valence-corrected chi connectivity index (χ4v) is 7.82. The summed E-state index contributed by atoms with van der Waals surface area (Å²) in [7, 11) is 0. The number of anilines is 1. The van der Waals surface area contributed by atoms with Crippen molar-refractivity contribution in [2.24, 2.45) is 0 Å². The van der Waals surface area contributed by atoms with Crippen LogP contribution in [0, 0.1) is 6.92 Å². The van der Waals surface area contributed by atoms with E-state index in [1.165, 1.54) is 28.0 Å². The minimum Gasteiger partial charge on any atom is -0.507 e. The zero-order valence-corrected chi connectivity index (χ0v) is 29.0. The molecule has 50 heavy (non-hydrogen) atoms. The standard InChI is InChI=1S/C40H33N3O5S2/c1-3-47-33-22-29(20-21-32(33)48-23-26-10-5-4-6-11-26)35-34(36(44)28-18-16-25(2)17-19-28)37(45)38(46)43(35)39-41-42-40(50-39)49-24-30-14-9-13-27-12-7-8-15-31(27)30/h4-22,35,44H,3,23-24H2,1-2H3/b36-34+. The number of amides is 1. The number of Topliss-reactive ketones (excluding diaryl/α,β-unsaturated/α-hetero) is 1. The molecule has 1 amide bonds. The number of carbonyl (C=O) groups is 2. The maximum atomic E-state index is 13.9. The van der Waals surface area contributed by atoms with Gasteiger partial charge in [0.2, 0.25) is 5.13 Å². The highest BCUT2D eigenvalue weighted by molar-refractivity contribution is 8.00. The van der Waals surface area contributed by atoms with Crippen molar-refractivity contribution in [3.63, 3.8) is 0 Å². The van der Waals surface area contributed by atoms with E-state index in [2.05, 4.69) is 34.5 Å². The van der Waals surface area contributed by atoms with Crippen LogP contribution < -0.4 is 14.4 Å². The van der Waals surface area contributed by atoms with Gasteiger partial charge in [0.25, 0.3) is 5.78 Å². The summed E-state index contributed by atoms with van der Waals surface area (Å²) >= 11 is 2.74. The largest absolute Gasteiger partial charge is 0.507 e. The second-order valence-electron chi connectivity index (χ2n) is 11.7. The molecule has 0 bridgehead atoms. The number of thioether (sulfide) groups is 1. The monoisotopic (exact) mass is 699 g/mol. The molecule has 0 saturated carbocycles. The van der Waals surface area contributed by atoms with Gasteiger partial charge in [-0.05, 0) is 53.4 Å². The number of ether oxygens (including phenoxy) is 2. The Bertz CT molecular complexity index is 2210. The molecule has 1 fully saturated rings. The van der Waals surface area contributed by atoms with Gasteiger partial charge in [-0.15, -0.1) is 10.2 Å². The molecule has 1 aromatic heterocycles. The third-order valence-corrected chi connectivity index (χ3v) is 10.5. The predicted molar refractivity (Wildman–Crippen MR) is 198 cm³/mol. The summed E-state index contributed by atoms with van der Waals surface area (Å²) < 4.78 is 12.8. The van der Waals surface area contributed by atoms with Gasteiger partial charge in [0, 0.05) is 11.3 Å². The number of aryl methyl sites for hydroxylation is 1. The van der Waals surface area contributed by atoms with Crippen molar-refractivity contribution >= 4 is 56.5 Å². The van der Waals surface area contributed by atoms with Crippen molar-refractivity contribution in [2.45, 2.75) is 36.6 Å². The van der Waals surface area contributed by atoms with Crippen molar-refractivity contribution in [3.05, 3.63) is 149 Å². The van der Waals surface area contributed by atoms with Crippen LogP contribution in [0.3, 0.4) is 0 Å². The number of hydrogen-bond donors (Lipinski definition) is 1. The highest BCUT2D eigenvalue weighted by atomic mass is 32.2. The average molecular weight is 700 g/mol. The second kappa shape index (κ2) is 14.6. The molecule has 1 aliphatic heterocycles. The molecule has 8 nitrogen and oxygen atoms in total. The Labute approximate surface area is 298 Å². The lowest BCUT2D eigenvalue weighted by molar-refractivity contribution is -0.132. The Balaban J connectivity index is 1.26. The molecule has 250 valence electrons. The number of hydrogen-bond acceptors (Lipinski definition) is 9. The van der Waals surface area contributed by atoms with E-state index in [9.17, 15) is 14.7 Å². The van der Waals surface area contributed by atoms with Gasteiger partial charge >= 0.3 is 5.91 Å². The quantitative estimate of drug-likeness (QED) is 0.0471. The van der Waals surface area contributed by atoms with E-state index in [4.69, 9.17) is 9.47 Å². The molecule has 1 aliphatic rings. The molecule has 0 aliphatic carbocycles. The first kappa shape index (κ1) is 33.1. The van der Waals surface area contributed by atoms with E-state index in [1.54, 1.807) is 30.3 Å². The molecule has 6 aromatic rings. The second-order valence-corrected chi connectivity index (χ2v) is 13.9. The molecule has 1 saturated heterocycles. The number of fused-ring (bicyclic) bond motifs is 1. The van der Waals surface area contributed by atoms with Gasteiger partial charge in [-0.1, -0.05) is 132 Å². The SMILES string of the molecule is CCOc1cc(C2/C(=C(\O)c3ccc(C)cc3)C(=O)C(=O)N2c2nnc(SCc3cccc4ccccc34)s2)ccc1OCc1ccccc1. The van der Waals surface area contributed by atoms with E-state index in [-0.39, 0.29) is 16.5 Å². The zero-order chi connectivity index (χ0) is 34.6. The number of carbonyl (C=O) groups excluding carboxylic acids is 2. The van der Waals surface area contributed by atoms with E-state index in [1.807, 2.05) is 74.5 Å². The molecule has 1 N–H and O–H groups in total. The minimum atomic E-state index is -0.998. The van der Waals surface area contributed by atoms with Crippen LogP contribution in [0.15, 0.2) is 125 Å². The molecule has 10 heteroatoms. The van der Waals surface area contributed by atoms with Crippen molar-refractivity contribution < 1.29 is 24.2 Å². The molecule has 1 atom stereocenters. The topological polar surface area (TPSA) is 102 Å². The first-order valence-electron chi connectivity index (χ1n) is 16.2. The number of rotatable bonds is 11. The Morgan fingerprint density at radius 1 is 0.860 bits per heavy atom. The zero-order valence-electron chi connectivity index (χ0n) is 27.4. The van der Waals surface area contributed by atoms with Crippen molar-refractivity contribution in [1.29, 1.82) is 0 Å². The molecular formula is C40H33N3O5S2. The van der Waals surface area contributed by atoms with Crippen LogP contribution in [0.1, 0.15) is 40.8 Å². The lowest BCUT2D eigenvalue weighted by Gasteiger charge is -2.23. The molecule has 7 rings (SSSR count). The summed E-state index contributed by atoms with van der Waals surface area (Å²) in [5.74, 6) is -0.270. The number of aromatic nitrogens is 2. The molecule has 0 spiro atoms. The van der Waals surface area contributed by atoms with E-state index in [0.29, 0.717) is 45.9 Å². The summed E-state index contributed by atoms with van der Waals surface area (Å²) in [5.41, 5.74) is 4.08. The van der Waals surface area contributed by atoms with Crippen LogP contribution in [-0.2, 0) is 21.9 Å². The normalized spacial score (nSPS) is 15.5. The van der Waals surface area contributed by atoms with Gasteiger partial charge in [-0.2, -0.15) is 0 Å². The van der Waals surface area contributed by atoms with Crippen molar-refractivity contribution in [3.8, 4) is 11.5 Å². The highest BCUT2D eigenvalue weighted by Crippen LogP contribution is 2.46. The fourth-order valence-electron chi connectivity index (χ4n) is 5.95. The number of benzene rings is 5. The number of aliphatic hydroxyl groups excluding tert-OH is 1. The third kappa shape index (κ3) is 6.72. The number of ketones is 1. The van der Waals surface area contributed by atoms with Gasteiger partial charge in [-0.25, -0.2) is 0 Å². The minimum absolute atomic E-state index is 0.0422. The van der Waals surface area contributed by atoms with Crippen LogP contribution in [0.25, 0.3) is 16.5 Å². The lowest BCUT2D eigenvalue weighted by atomic mass is 9.95. The van der Waals surface area contributed by atoms with Crippen LogP contribution >= 0.6 is 23.1 Å². The molecule has 5 aromatic carbocycles. The third-order valence-electron chi connectivity index (χ3n) is 8.42. The van der Waals surface area contributed by atoms with Gasteiger partial charge in [-0.3, -0.25) is 14.5 Å². The fraction of sp³-hybridized carbons (Fsp3) is 0.150. The van der Waals surface area contributed by atoms with E-state index in [0.717, 1.165) is 27.5 Å². The van der Waals surface area contributed by atoms with Crippen molar-refractivity contribution in [2.75, 3.05) is 11.5 Å². The van der Waals surface area contributed by atoms with Crippen molar-refractivity contribution in [1.82, 2.24) is 10.2 Å². The van der Waals surface area contributed by atoms with Gasteiger partial charge in [0.15, 0.2) is 15.8 Å². The Morgan fingerprint density at radius 2 is 1.62 bits per heavy atom.